The minimum Gasteiger partial charge on any atom is -0.379 e. The van der Waals surface area contributed by atoms with Crippen LogP contribution in [0.15, 0.2) is 34.1 Å². The van der Waals surface area contributed by atoms with Gasteiger partial charge in [-0.05, 0) is 24.3 Å². The molecule has 0 atom stereocenters. The van der Waals surface area contributed by atoms with Gasteiger partial charge >= 0.3 is 0 Å². The molecule has 1 aromatic carbocycles. The molecule has 16 heteroatoms. The molecular weight excluding hydrogens is 526 g/mol. The molecule has 1 aromatic rings. The van der Waals surface area contributed by atoms with Crippen LogP contribution in [0.1, 0.15) is 6.42 Å². The van der Waals surface area contributed by atoms with Gasteiger partial charge in [0.15, 0.2) is 11.7 Å². The van der Waals surface area contributed by atoms with Crippen LogP contribution >= 0.6 is 0 Å². The quantitative estimate of drug-likeness (QED) is 0.167. The van der Waals surface area contributed by atoms with E-state index in [0.29, 0.717) is 39.4 Å². The van der Waals surface area contributed by atoms with E-state index in [4.69, 9.17) is 15.9 Å². The van der Waals surface area contributed by atoms with E-state index in [9.17, 15) is 26.4 Å². The number of piperazine rings is 1. The number of nitrogens with one attached hydrogen (secondary N) is 3. The van der Waals surface area contributed by atoms with E-state index in [1.807, 2.05) is 4.90 Å². The molecule has 37 heavy (non-hydrogen) atoms. The van der Waals surface area contributed by atoms with E-state index in [0.717, 1.165) is 0 Å². The Hall–Kier alpha value is -2.63. The molecule has 3 rings (SSSR count). The maximum Gasteiger partial charge on any atom is 0.243 e. The van der Waals surface area contributed by atoms with Gasteiger partial charge in [-0.2, -0.15) is 4.31 Å². The number of Topliss-reactive ketones (excluding diaryl/α,β-unsaturated/α-hetero) is 1. The zero-order valence-corrected chi connectivity index (χ0v) is 22.0. The van der Waals surface area contributed by atoms with Crippen LogP contribution in [-0.2, 0) is 34.4 Å². The van der Waals surface area contributed by atoms with Crippen molar-refractivity contribution in [3.05, 3.63) is 24.3 Å². The number of ketones is 1. The third kappa shape index (κ3) is 8.18. The number of morpholine rings is 1. The Morgan fingerprint density at radius 1 is 0.946 bits per heavy atom. The normalized spacial score (nSPS) is 17.9. The van der Waals surface area contributed by atoms with Gasteiger partial charge in [-0.3, -0.25) is 19.9 Å². The van der Waals surface area contributed by atoms with Crippen LogP contribution in [0, 0.1) is 5.41 Å². The van der Waals surface area contributed by atoms with Crippen LogP contribution < -0.4 is 15.8 Å². The van der Waals surface area contributed by atoms with Gasteiger partial charge in [0.25, 0.3) is 0 Å². The summed E-state index contributed by atoms with van der Waals surface area (Å²) in [5.74, 6) is -0.600. The highest BCUT2D eigenvalue weighted by atomic mass is 32.2. The highest BCUT2D eigenvalue weighted by Gasteiger charge is 2.27. The molecule has 5 N–H and O–H groups in total. The van der Waals surface area contributed by atoms with Crippen LogP contribution in [0.5, 0.6) is 0 Å². The van der Waals surface area contributed by atoms with E-state index in [2.05, 4.69) is 10.0 Å². The van der Waals surface area contributed by atoms with Gasteiger partial charge in [0.2, 0.25) is 26.0 Å². The molecule has 1 amide bonds. The van der Waals surface area contributed by atoms with Crippen molar-refractivity contribution in [1.29, 1.82) is 5.41 Å². The van der Waals surface area contributed by atoms with Gasteiger partial charge in [-0.15, -0.1) is 0 Å². The molecule has 2 saturated heterocycles. The average Bonchev–Trinajstić information content (AvgIpc) is 2.88. The zero-order chi connectivity index (χ0) is 27.1. The summed E-state index contributed by atoms with van der Waals surface area (Å²) in [5.41, 5.74) is 5.19. The number of amides is 1. The van der Waals surface area contributed by atoms with E-state index in [1.165, 1.54) is 28.6 Å². The molecule has 2 heterocycles. The number of nitrogens with zero attached hydrogens (tertiary/aromatic N) is 3. The standard InChI is InChI=1S/C21H33N7O7S2/c22-21(23)24-6-5-20(30)27-9-7-26(8-10-27)16-17(29)15-25-36(31,32)18-1-3-19(4-2-18)37(33,34)28-11-13-35-14-12-28/h1-4,25H,5-16H2,(H4,22,23,24). The molecule has 0 unspecified atom stereocenters. The molecule has 0 radical (unpaired) electrons. The van der Waals surface area contributed by atoms with Crippen LogP contribution in [0.3, 0.4) is 0 Å². The molecule has 0 aromatic heterocycles. The first-order valence-electron chi connectivity index (χ1n) is 11.8. The number of sulfonamides is 2. The van der Waals surface area contributed by atoms with Gasteiger partial charge in [0, 0.05) is 52.2 Å². The predicted molar refractivity (Wildman–Crippen MR) is 134 cm³/mol. The van der Waals surface area contributed by atoms with Crippen LogP contribution in [0.2, 0.25) is 0 Å². The molecule has 0 saturated carbocycles. The topological polar surface area (TPSA) is 195 Å². The molecular formula is C21H33N7O7S2. The van der Waals surface area contributed by atoms with Gasteiger partial charge < -0.3 is 20.7 Å². The number of nitrogens with two attached hydrogens (primary N) is 1. The first-order chi connectivity index (χ1) is 17.5. The number of ether oxygens (including phenoxy) is 1. The van der Waals surface area contributed by atoms with Gasteiger partial charge in [-0.1, -0.05) is 0 Å². The summed E-state index contributed by atoms with van der Waals surface area (Å²) >= 11 is 0. The summed E-state index contributed by atoms with van der Waals surface area (Å²) in [6, 6.07) is 4.86. The minimum atomic E-state index is -4.02. The highest BCUT2D eigenvalue weighted by Crippen LogP contribution is 2.19. The fourth-order valence-electron chi connectivity index (χ4n) is 3.91. The van der Waals surface area contributed by atoms with Gasteiger partial charge in [-0.25, -0.2) is 21.6 Å². The number of benzene rings is 1. The molecule has 206 valence electrons. The van der Waals surface area contributed by atoms with Crippen LogP contribution in [0.4, 0.5) is 0 Å². The van der Waals surface area contributed by atoms with Crippen LogP contribution in [-0.4, -0.2) is 121 Å². The van der Waals surface area contributed by atoms with Crippen LogP contribution in [0.25, 0.3) is 0 Å². The lowest BCUT2D eigenvalue weighted by molar-refractivity contribution is -0.133. The SMILES string of the molecule is N=C(N)NCCC(=O)N1CCN(CC(=O)CNS(=O)(=O)c2ccc(S(=O)(=O)N3CCOCC3)cc2)CC1. The maximum atomic E-state index is 12.7. The Kier molecular flexibility index (Phi) is 9.97. The number of carbonyl (C=O) groups is 2. The first-order valence-corrected chi connectivity index (χ1v) is 14.7. The van der Waals surface area contributed by atoms with Crippen molar-refractivity contribution in [3.8, 4) is 0 Å². The Bertz CT molecular complexity index is 1180. The van der Waals surface area contributed by atoms with Crippen molar-refractivity contribution in [2.45, 2.75) is 16.2 Å². The van der Waals surface area contributed by atoms with Crippen molar-refractivity contribution >= 4 is 37.7 Å². The maximum absolute atomic E-state index is 12.7. The second-order valence-corrected chi connectivity index (χ2v) is 12.3. The lowest BCUT2D eigenvalue weighted by Gasteiger charge is -2.34. The van der Waals surface area contributed by atoms with Crippen molar-refractivity contribution in [2.75, 3.05) is 72.1 Å². The molecule has 2 fully saturated rings. The van der Waals surface area contributed by atoms with Gasteiger partial charge in [0.05, 0.1) is 36.1 Å². The van der Waals surface area contributed by atoms with Crippen molar-refractivity contribution in [3.63, 3.8) is 0 Å². The first kappa shape index (κ1) is 28.9. The summed E-state index contributed by atoms with van der Waals surface area (Å²) in [6.45, 7) is 2.81. The zero-order valence-electron chi connectivity index (χ0n) is 20.4. The lowest BCUT2D eigenvalue weighted by Crippen LogP contribution is -2.51. The van der Waals surface area contributed by atoms with Crippen molar-refractivity contribution in [2.24, 2.45) is 5.73 Å². The third-order valence-corrected chi connectivity index (χ3v) is 9.31. The summed E-state index contributed by atoms with van der Waals surface area (Å²) in [6.07, 6.45) is 0.209. The lowest BCUT2D eigenvalue weighted by atomic mass is 10.2. The number of guanidine groups is 1. The minimum absolute atomic E-state index is 0.0165. The summed E-state index contributed by atoms with van der Waals surface area (Å²) in [7, 11) is -7.77. The number of hydrogen-bond acceptors (Lipinski definition) is 9. The van der Waals surface area contributed by atoms with E-state index in [1.54, 1.807) is 4.90 Å². The molecule has 2 aliphatic heterocycles. The Morgan fingerprint density at radius 3 is 2.14 bits per heavy atom. The number of rotatable bonds is 11. The second kappa shape index (κ2) is 12.7. The number of hydrogen-bond donors (Lipinski definition) is 4. The summed E-state index contributed by atoms with van der Waals surface area (Å²) < 4.78 is 59.4. The smallest absolute Gasteiger partial charge is 0.243 e. The monoisotopic (exact) mass is 559 g/mol. The molecule has 2 aliphatic rings. The van der Waals surface area contributed by atoms with Gasteiger partial charge in [0.1, 0.15) is 0 Å². The largest absolute Gasteiger partial charge is 0.379 e. The fourth-order valence-corrected chi connectivity index (χ4v) is 6.33. The molecule has 0 bridgehead atoms. The fraction of sp³-hybridized carbons (Fsp3) is 0.571. The van der Waals surface area contributed by atoms with E-state index in [-0.39, 0.29) is 60.0 Å². The Balaban J connectivity index is 1.45. The summed E-state index contributed by atoms with van der Waals surface area (Å²) in [4.78, 5) is 27.9. The molecule has 0 aliphatic carbocycles. The van der Waals surface area contributed by atoms with E-state index >= 15 is 0 Å². The van der Waals surface area contributed by atoms with E-state index < -0.39 is 26.6 Å². The highest BCUT2D eigenvalue weighted by molar-refractivity contribution is 7.89. The van der Waals surface area contributed by atoms with Crippen molar-refractivity contribution in [1.82, 2.24) is 24.1 Å². The summed E-state index contributed by atoms with van der Waals surface area (Å²) in [5, 5.41) is 9.68. The Labute approximate surface area is 216 Å². The number of carbonyl (C=O) groups excluding carboxylic acids is 2. The molecule has 0 spiro atoms. The Morgan fingerprint density at radius 2 is 1.54 bits per heavy atom. The molecule has 14 nitrogen and oxygen atoms in total. The second-order valence-electron chi connectivity index (χ2n) is 8.60. The van der Waals surface area contributed by atoms with Crippen molar-refractivity contribution < 1.29 is 31.2 Å². The predicted octanol–water partition coefficient (Wildman–Crippen LogP) is -2.43. The average molecular weight is 560 g/mol. The third-order valence-electron chi connectivity index (χ3n) is 5.98.